The Morgan fingerprint density at radius 3 is 2.76 bits per heavy atom. The number of nitrogens with zero attached hydrogens (tertiary/aromatic N) is 3. The summed E-state index contributed by atoms with van der Waals surface area (Å²) in [6.07, 6.45) is 1.58. The zero-order chi connectivity index (χ0) is 21.0. The van der Waals surface area contributed by atoms with Crippen molar-refractivity contribution in [1.82, 2.24) is 15.3 Å². The molecule has 1 amide bonds. The first-order chi connectivity index (χ1) is 13.9. The molecule has 0 aliphatic heterocycles. The molecule has 9 heteroatoms. The Morgan fingerprint density at radius 1 is 1.28 bits per heavy atom. The van der Waals surface area contributed by atoms with E-state index in [2.05, 4.69) is 15.3 Å². The molecule has 0 bridgehead atoms. The van der Waals surface area contributed by atoms with Crippen molar-refractivity contribution in [1.29, 1.82) is 0 Å². The summed E-state index contributed by atoms with van der Waals surface area (Å²) in [6, 6.07) is 12.8. The number of methoxy groups -OCH3 is 1. The van der Waals surface area contributed by atoms with E-state index in [4.69, 9.17) is 22.1 Å². The number of amides is 1. The van der Waals surface area contributed by atoms with Crippen molar-refractivity contribution in [2.75, 3.05) is 31.8 Å². The second-order valence-corrected chi connectivity index (χ2v) is 8.77. The predicted octanol–water partition coefficient (Wildman–Crippen LogP) is 1.50. The number of carbonyl (C=O) groups is 1. The number of aromatic nitrogens is 2. The summed E-state index contributed by atoms with van der Waals surface area (Å²) in [5.74, 6) is 1.08. The molecule has 0 atom stereocenters. The number of hydrogen-bond acceptors (Lipinski definition) is 6. The van der Waals surface area contributed by atoms with Crippen molar-refractivity contribution in [3.05, 3.63) is 59.2 Å². The summed E-state index contributed by atoms with van der Waals surface area (Å²) in [5, 5.41) is 3.04. The van der Waals surface area contributed by atoms with Gasteiger partial charge in [-0.3, -0.25) is 0 Å². The van der Waals surface area contributed by atoms with E-state index < -0.39 is 15.8 Å². The number of rotatable bonds is 6. The number of hydrogen-bond donors (Lipinski definition) is 2. The van der Waals surface area contributed by atoms with E-state index in [1.807, 2.05) is 37.4 Å². The van der Waals surface area contributed by atoms with Crippen LogP contribution in [0.3, 0.4) is 0 Å². The molecule has 0 fully saturated rings. The Morgan fingerprint density at radius 2 is 2.03 bits per heavy atom. The van der Waals surface area contributed by atoms with E-state index >= 15 is 0 Å². The molecule has 0 spiro atoms. The van der Waals surface area contributed by atoms with Crippen LogP contribution in [0, 0.1) is 0 Å². The summed E-state index contributed by atoms with van der Waals surface area (Å²) in [4.78, 5) is 23.1. The Balaban J connectivity index is 1.99. The molecule has 0 saturated heterocycles. The molecule has 0 saturated carbocycles. The molecular weight excluding hydrogens is 453 g/mol. The second-order valence-electron chi connectivity index (χ2n) is 6.04. The van der Waals surface area contributed by atoms with Gasteiger partial charge < -0.3 is 0 Å². The third kappa shape index (κ3) is 4.63. The topological polar surface area (TPSA) is 93.4 Å². The van der Waals surface area contributed by atoms with Crippen LogP contribution < -0.4 is 29.7 Å². The monoisotopic (exact) mass is 472 g/mol. The van der Waals surface area contributed by atoms with Crippen LogP contribution in [0.25, 0.3) is 0 Å². The Hall–Kier alpha value is -2.76. The molecule has 2 aromatic carbocycles. The van der Waals surface area contributed by atoms with E-state index in [1.165, 1.54) is 0 Å². The minimum atomic E-state index is -0.583. The van der Waals surface area contributed by atoms with Gasteiger partial charge in [0.1, 0.15) is 0 Å². The van der Waals surface area contributed by atoms with Gasteiger partial charge in [-0.1, -0.05) is 0 Å². The van der Waals surface area contributed by atoms with E-state index in [-0.39, 0.29) is 5.91 Å². The zero-order valence-electron chi connectivity index (χ0n) is 16.2. The van der Waals surface area contributed by atoms with Gasteiger partial charge in [-0.15, -0.1) is 0 Å². The van der Waals surface area contributed by atoms with Gasteiger partial charge in [-0.2, -0.15) is 0 Å². The third-order valence-electron chi connectivity index (χ3n) is 4.19. The van der Waals surface area contributed by atoms with Crippen molar-refractivity contribution in [3.63, 3.8) is 0 Å². The molecule has 1 heterocycles. The SMILES string of the molecule is CNC(=O)c1ccccc1N(C)c1nc([As]c2cc(N)ccc2OC)ncc1Cl. The number of benzene rings is 2. The fourth-order valence-corrected chi connectivity index (χ4v) is 4.99. The number of anilines is 3. The predicted molar refractivity (Wildman–Crippen MR) is 117 cm³/mol. The average molecular weight is 473 g/mol. The normalized spacial score (nSPS) is 10.9. The second kappa shape index (κ2) is 9.16. The molecule has 0 aliphatic rings. The molecule has 3 aromatic rings. The van der Waals surface area contributed by atoms with Crippen molar-refractivity contribution in [2.45, 2.75) is 0 Å². The van der Waals surface area contributed by atoms with E-state index in [0.29, 0.717) is 32.4 Å². The molecule has 0 aliphatic carbocycles. The fraction of sp³-hybridized carbons (Fsp3) is 0.150. The van der Waals surface area contributed by atoms with Gasteiger partial charge in [0.2, 0.25) is 0 Å². The summed E-state index contributed by atoms with van der Waals surface area (Å²) >= 11 is 5.81. The number of halogens is 1. The van der Waals surface area contributed by atoms with Crippen LogP contribution in [-0.2, 0) is 0 Å². The van der Waals surface area contributed by atoms with Crippen LogP contribution in [-0.4, -0.2) is 52.8 Å². The Bertz CT molecular complexity index is 1050. The van der Waals surface area contributed by atoms with Gasteiger partial charge in [-0.05, 0) is 0 Å². The number of ether oxygens (including phenoxy) is 1. The number of para-hydroxylation sites is 1. The quantitative estimate of drug-likeness (QED) is 0.417. The molecule has 0 unspecified atom stereocenters. The molecule has 3 N–H and O–H groups in total. The molecule has 29 heavy (non-hydrogen) atoms. The minimum absolute atomic E-state index is 0.186. The summed E-state index contributed by atoms with van der Waals surface area (Å²) < 4.78 is 7.04. The van der Waals surface area contributed by atoms with Crippen LogP contribution in [0.1, 0.15) is 10.4 Å². The Labute approximate surface area is 180 Å². The molecule has 1 aromatic heterocycles. The number of nitrogens with one attached hydrogen (secondary N) is 1. The number of carbonyl (C=O) groups excluding carboxylic acids is 1. The number of nitrogens with two attached hydrogens (primary N) is 1. The van der Waals surface area contributed by atoms with Gasteiger partial charge in [-0.25, -0.2) is 0 Å². The fourth-order valence-electron chi connectivity index (χ4n) is 2.75. The van der Waals surface area contributed by atoms with E-state index in [1.54, 1.807) is 37.4 Å². The first kappa shape index (κ1) is 21.0. The number of nitrogen functional groups attached to an aromatic ring is 1. The molecular formula is C20H20AsClN5O2. The van der Waals surface area contributed by atoms with Crippen LogP contribution in [0.15, 0.2) is 48.7 Å². The average Bonchev–Trinajstić information content (AvgIpc) is 2.74. The summed E-state index contributed by atoms with van der Waals surface area (Å²) in [7, 11) is 5.03. The van der Waals surface area contributed by atoms with E-state index in [9.17, 15) is 4.79 Å². The molecule has 7 nitrogen and oxygen atoms in total. The standard InChI is InChI=1S/C20H20AsClN5O2/c1-24-19(28)13-6-4-5-7-16(13)27(2)18-15(22)11-25-20(26-18)21-14-10-12(23)8-9-17(14)29-3/h4-11H,23H2,1-3H3,(H,24,28). The van der Waals surface area contributed by atoms with Crippen molar-refractivity contribution in [3.8, 4) is 5.75 Å². The van der Waals surface area contributed by atoms with Gasteiger partial charge in [0.15, 0.2) is 0 Å². The first-order valence-corrected chi connectivity index (χ1v) is 10.9. The Kier molecular flexibility index (Phi) is 6.62. The van der Waals surface area contributed by atoms with Gasteiger partial charge >= 0.3 is 181 Å². The molecule has 3 rings (SSSR count). The summed E-state index contributed by atoms with van der Waals surface area (Å²) in [6.45, 7) is 0. The summed E-state index contributed by atoms with van der Waals surface area (Å²) in [5.41, 5.74) is 7.80. The van der Waals surface area contributed by atoms with Gasteiger partial charge in [0, 0.05) is 0 Å². The maximum absolute atomic E-state index is 12.2. The molecule has 1 radical (unpaired) electrons. The van der Waals surface area contributed by atoms with Crippen LogP contribution >= 0.6 is 11.6 Å². The first-order valence-electron chi connectivity index (χ1n) is 8.67. The third-order valence-corrected chi connectivity index (χ3v) is 6.57. The van der Waals surface area contributed by atoms with Crippen LogP contribution in [0.2, 0.25) is 5.02 Å². The van der Waals surface area contributed by atoms with Gasteiger partial charge in [0.05, 0.1) is 0 Å². The van der Waals surface area contributed by atoms with Crippen LogP contribution in [0.5, 0.6) is 5.75 Å². The maximum atomic E-state index is 12.2. The van der Waals surface area contributed by atoms with Crippen molar-refractivity contribution < 1.29 is 9.53 Å². The zero-order valence-corrected chi connectivity index (χ0v) is 18.8. The molecule has 149 valence electrons. The van der Waals surface area contributed by atoms with Crippen molar-refractivity contribution >= 4 is 59.4 Å². The van der Waals surface area contributed by atoms with Crippen molar-refractivity contribution in [2.24, 2.45) is 0 Å². The van der Waals surface area contributed by atoms with E-state index in [0.717, 1.165) is 10.1 Å². The van der Waals surface area contributed by atoms with Crippen LogP contribution in [0.4, 0.5) is 17.2 Å². The van der Waals surface area contributed by atoms with Gasteiger partial charge in [0.25, 0.3) is 0 Å².